The number of aromatic amines is 1. The number of rotatable bonds is 4. The number of nitrogens with one attached hydrogen (secondary N) is 1. The van der Waals surface area contributed by atoms with E-state index < -0.39 is 0 Å². The molecule has 0 radical (unpaired) electrons. The Labute approximate surface area is 119 Å². The van der Waals surface area contributed by atoms with Crippen LogP contribution >= 0.6 is 0 Å². The van der Waals surface area contributed by atoms with Gasteiger partial charge in [-0.2, -0.15) is 0 Å². The maximum atomic E-state index is 12.7. The Morgan fingerprint density at radius 2 is 2.25 bits per heavy atom. The molecule has 1 amide bonds. The van der Waals surface area contributed by atoms with Crippen molar-refractivity contribution in [3.63, 3.8) is 0 Å². The first-order valence-corrected chi connectivity index (χ1v) is 7.53. The van der Waals surface area contributed by atoms with E-state index >= 15 is 0 Å². The molecule has 5 nitrogen and oxygen atoms in total. The number of piperidine rings is 1. The van der Waals surface area contributed by atoms with Crippen LogP contribution in [0.3, 0.4) is 0 Å². The highest BCUT2D eigenvalue weighted by Crippen LogP contribution is 2.43. The molecule has 1 N–H and O–H groups in total. The first kappa shape index (κ1) is 13.6. The predicted octanol–water partition coefficient (Wildman–Crippen LogP) is 1.93. The van der Waals surface area contributed by atoms with Gasteiger partial charge in [-0.25, -0.2) is 4.98 Å². The van der Waals surface area contributed by atoms with Gasteiger partial charge in [0.1, 0.15) is 5.82 Å². The molecule has 0 spiro atoms. The highest BCUT2D eigenvalue weighted by atomic mass is 16.5. The smallest absolute Gasteiger partial charge is 0.231 e. The van der Waals surface area contributed by atoms with Crippen molar-refractivity contribution in [3.8, 4) is 0 Å². The third-order valence-corrected chi connectivity index (χ3v) is 4.87. The van der Waals surface area contributed by atoms with E-state index in [-0.39, 0.29) is 5.41 Å². The van der Waals surface area contributed by atoms with Crippen molar-refractivity contribution in [1.82, 2.24) is 14.9 Å². The number of amides is 1. The minimum absolute atomic E-state index is 0.216. The van der Waals surface area contributed by atoms with Crippen LogP contribution in [0.1, 0.15) is 43.8 Å². The third-order valence-electron chi connectivity index (χ3n) is 4.87. The first-order valence-electron chi connectivity index (χ1n) is 7.53. The van der Waals surface area contributed by atoms with Gasteiger partial charge < -0.3 is 14.6 Å². The second kappa shape index (κ2) is 5.56. The number of hydrogen-bond donors (Lipinski definition) is 1. The number of aromatic nitrogens is 2. The molecular formula is C15H23N3O2. The molecule has 2 heterocycles. The molecule has 1 aliphatic heterocycles. The van der Waals surface area contributed by atoms with Gasteiger partial charge in [-0.3, -0.25) is 4.79 Å². The lowest BCUT2D eigenvalue weighted by atomic mass is 9.68. The molecule has 20 heavy (non-hydrogen) atoms. The highest BCUT2D eigenvalue weighted by molar-refractivity contribution is 5.84. The maximum absolute atomic E-state index is 12.7. The molecule has 0 unspecified atom stereocenters. The average Bonchev–Trinajstić information content (AvgIpc) is 2.96. The summed E-state index contributed by atoms with van der Waals surface area (Å²) in [5.41, 5.74) is -0.216. The summed E-state index contributed by atoms with van der Waals surface area (Å²) < 4.78 is 5.28. The molecule has 1 saturated heterocycles. The number of carbonyl (C=O) groups is 1. The fourth-order valence-electron chi connectivity index (χ4n) is 3.49. The van der Waals surface area contributed by atoms with Crippen LogP contribution in [0.25, 0.3) is 0 Å². The lowest BCUT2D eigenvalue weighted by molar-refractivity contribution is -0.153. The van der Waals surface area contributed by atoms with Crippen LogP contribution in [0.4, 0.5) is 0 Å². The fourth-order valence-corrected chi connectivity index (χ4v) is 3.49. The Morgan fingerprint density at radius 3 is 2.75 bits per heavy atom. The number of imidazole rings is 1. The minimum atomic E-state index is -0.216. The zero-order chi connectivity index (χ0) is 14.0. The third kappa shape index (κ3) is 2.35. The Hall–Kier alpha value is -1.36. The van der Waals surface area contributed by atoms with Gasteiger partial charge in [0.05, 0.1) is 12.0 Å². The number of carbonyl (C=O) groups excluding carboxylic acids is 1. The van der Waals surface area contributed by atoms with E-state index in [4.69, 9.17) is 4.74 Å². The second-order valence-corrected chi connectivity index (χ2v) is 6.11. The lowest BCUT2D eigenvalue weighted by Crippen LogP contribution is -2.52. The summed E-state index contributed by atoms with van der Waals surface area (Å²) in [6.07, 6.45) is 8.79. The minimum Gasteiger partial charge on any atom is -0.384 e. The second-order valence-electron chi connectivity index (χ2n) is 6.11. The number of ether oxygens (including phenoxy) is 1. The van der Waals surface area contributed by atoms with Gasteiger partial charge in [0, 0.05) is 38.5 Å². The molecule has 110 valence electrons. The predicted molar refractivity (Wildman–Crippen MR) is 75.3 cm³/mol. The number of hydrogen-bond acceptors (Lipinski definition) is 3. The van der Waals surface area contributed by atoms with Crippen molar-refractivity contribution in [1.29, 1.82) is 0 Å². The standard InChI is InChI=1S/C15H23N3O2/c1-20-11-15(5-2-6-15)14(19)18-9-3-12(4-10-18)13-16-7-8-17-13/h7-8,12H,2-6,9-11H2,1H3,(H,16,17). The summed E-state index contributed by atoms with van der Waals surface area (Å²) in [7, 11) is 1.69. The fraction of sp³-hybridized carbons (Fsp3) is 0.733. The van der Waals surface area contributed by atoms with Crippen molar-refractivity contribution < 1.29 is 9.53 Å². The van der Waals surface area contributed by atoms with E-state index in [1.807, 2.05) is 11.1 Å². The molecule has 5 heteroatoms. The van der Waals surface area contributed by atoms with Crippen LogP contribution in [-0.4, -0.2) is 47.6 Å². The van der Waals surface area contributed by atoms with E-state index in [1.165, 1.54) is 0 Å². The van der Waals surface area contributed by atoms with Gasteiger partial charge in [-0.1, -0.05) is 6.42 Å². The van der Waals surface area contributed by atoms with Gasteiger partial charge >= 0.3 is 0 Å². The van der Waals surface area contributed by atoms with E-state index in [0.717, 1.165) is 51.0 Å². The summed E-state index contributed by atoms with van der Waals surface area (Å²) >= 11 is 0. The van der Waals surface area contributed by atoms with Gasteiger partial charge in [0.25, 0.3) is 0 Å². The summed E-state index contributed by atoms with van der Waals surface area (Å²) in [4.78, 5) is 22.3. The largest absolute Gasteiger partial charge is 0.384 e. The van der Waals surface area contributed by atoms with Crippen LogP contribution < -0.4 is 0 Å². The van der Waals surface area contributed by atoms with Gasteiger partial charge in [-0.15, -0.1) is 0 Å². The molecule has 1 aromatic rings. The highest BCUT2D eigenvalue weighted by Gasteiger charge is 2.46. The first-order chi connectivity index (χ1) is 9.75. The van der Waals surface area contributed by atoms with E-state index in [1.54, 1.807) is 13.3 Å². The molecule has 0 atom stereocenters. The molecule has 0 aromatic carbocycles. The number of nitrogens with zero attached hydrogens (tertiary/aromatic N) is 2. The Kier molecular flexibility index (Phi) is 3.78. The summed E-state index contributed by atoms with van der Waals surface area (Å²) in [5, 5.41) is 0. The molecule has 1 aromatic heterocycles. The summed E-state index contributed by atoms with van der Waals surface area (Å²) in [5.74, 6) is 1.84. The molecule has 0 bridgehead atoms. The normalized spacial score (nSPS) is 22.6. The number of likely N-dealkylation sites (tertiary alicyclic amines) is 1. The Balaban J connectivity index is 1.59. The van der Waals surface area contributed by atoms with Gasteiger partial charge in [-0.05, 0) is 25.7 Å². The van der Waals surface area contributed by atoms with Crippen LogP contribution in [0.5, 0.6) is 0 Å². The lowest BCUT2D eigenvalue weighted by Gasteiger charge is -2.44. The molecule has 2 fully saturated rings. The molecular weight excluding hydrogens is 254 g/mol. The number of H-pyrrole nitrogens is 1. The van der Waals surface area contributed by atoms with Crippen molar-refractivity contribution in [2.45, 2.75) is 38.0 Å². The Bertz CT molecular complexity index is 446. The van der Waals surface area contributed by atoms with Crippen molar-refractivity contribution in [2.24, 2.45) is 5.41 Å². The van der Waals surface area contributed by atoms with Crippen LogP contribution in [0.2, 0.25) is 0 Å². The van der Waals surface area contributed by atoms with Crippen molar-refractivity contribution in [2.75, 3.05) is 26.8 Å². The van der Waals surface area contributed by atoms with Crippen molar-refractivity contribution >= 4 is 5.91 Å². The van der Waals surface area contributed by atoms with Gasteiger partial charge in [0.15, 0.2) is 0 Å². The number of methoxy groups -OCH3 is 1. The maximum Gasteiger partial charge on any atom is 0.231 e. The van der Waals surface area contributed by atoms with E-state index in [0.29, 0.717) is 18.4 Å². The quantitative estimate of drug-likeness (QED) is 0.915. The summed E-state index contributed by atoms with van der Waals surface area (Å²) in [6.45, 7) is 2.26. The molecule has 2 aliphatic rings. The topological polar surface area (TPSA) is 58.2 Å². The molecule has 1 saturated carbocycles. The van der Waals surface area contributed by atoms with E-state index in [2.05, 4.69) is 9.97 Å². The molecule has 3 rings (SSSR count). The monoisotopic (exact) mass is 277 g/mol. The van der Waals surface area contributed by atoms with Crippen LogP contribution in [0, 0.1) is 5.41 Å². The zero-order valence-corrected chi connectivity index (χ0v) is 12.1. The van der Waals surface area contributed by atoms with Crippen molar-refractivity contribution in [3.05, 3.63) is 18.2 Å². The summed E-state index contributed by atoms with van der Waals surface area (Å²) in [6, 6.07) is 0. The zero-order valence-electron chi connectivity index (χ0n) is 12.1. The molecule has 1 aliphatic carbocycles. The average molecular weight is 277 g/mol. The Morgan fingerprint density at radius 1 is 1.50 bits per heavy atom. The van der Waals surface area contributed by atoms with Crippen LogP contribution in [-0.2, 0) is 9.53 Å². The van der Waals surface area contributed by atoms with E-state index in [9.17, 15) is 4.79 Å². The van der Waals surface area contributed by atoms with Gasteiger partial charge in [0.2, 0.25) is 5.91 Å². The van der Waals surface area contributed by atoms with Crippen LogP contribution in [0.15, 0.2) is 12.4 Å². The SMILES string of the molecule is COCC1(C(=O)N2CCC(c3ncc[nH]3)CC2)CCC1.